The van der Waals surface area contributed by atoms with E-state index in [2.05, 4.69) is 25.3 Å². The van der Waals surface area contributed by atoms with E-state index in [4.69, 9.17) is 39.9 Å². The van der Waals surface area contributed by atoms with Crippen LogP contribution in [0.2, 0.25) is 0 Å². The minimum Gasteiger partial charge on any atom is -0.357 e. The van der Waals surface area contributed by atoms with Crippen molar-refractivity contribution in [2.75, 3.05) is 0 Å². The van der Waals surface area contributed by atoms with Crippen molar-refractivity contribution in [1.29, 1.82) is 0 Å². The summed E-state index contributed by atoms with van der Waals surface area (Å²) in [4.78, 5) is 39.1. The van der Waals surface area contributed by atoms with Gasteiger partial charge in [0.15, 0.2) is 0 Å². The topological polar surface area (TPSA) is 106 Å². The Bertz CT molecular complexity index is 2170. The molecule has 8 rings (SSSR count). The summed E-state index contributed by atoms with van der Waals surface area (Å²) in [7, 11) is 0. The molecular formula is C32H20CuN8. The first kappa shape index (κ1) is 25.0. The van der Waals surface area contributed by atoms with E-state index in [9.17, 15) is 0 Å². The molecule has 199 valence electrons. The molecule has 0 fully saturated rings. The Morgan fingerprint density at radius 1 is 0.537 bits per heavy atom. The molecule has 0 saturated heterocycles. The van der Waals surface area contributed by atoms with Crippen molar-refractivity contribution in [2.24, 2.45) is 0 Å². The largest absolute Gasteiger partial charge is 2.00 e. The van der Waals surface area contributed by atoms with Gasteiger partial charge in [-0.15, -0.1) is 0 Å². The first-order chi connectivity index (χ1) is 19.7. The second-order valence-electron chi connectivity index (χ2n) is 9.62. The fourth-order valence-corrected chi connectivity index (χ4v) is 5.45. The Labute approximate surface area is 245 Å². The van der Waals surface area contributed by atoms with Gasteiger partial charge in [0, 0.05) is 44.9 Å². The van der Waals surface area contributed by atoms with Gasteiger partial charge in [-0.2, -0.15) is 0 Å². The Balaban J connectivity index is 0.00000276. The summed E-state index contributed by atoms with van der Waals surface area (Å²) >= 11 is 0. The molecule has 9 heteroatoms. The van der Waals surface area contributed by atoms with Crippen LogP contribution < -0.4 is 9.97 Å². The Morgan fingerprint density at radius 2 is 0.951 bits per heavy atom. The molecule has 0 N–H and O–H groups in total. The maximum atomic E-state index is 4.96. The second-order valence-corrected chi connectivity index (χ2v) is 9.62. The van der Waals surface area contributed by atoms with Crippen LogP contribution in [0, 0.1) is 0 Å². The van der Waals surface area contributed by atoms with E-state index in [1.807, 2.05) is 48.5 Å². The van der Waals surface area contributed by atoms with Crippen LogP contribution in [0.4, 0.5) is 0 Å². The average Bonchev–Trinajstić information content (AvgIpc) is 3.71. The van der Waals surface area contributed by atoms with Crippen LogP contribution in [0.3, 0.4) is 0 Å². The van der Waals surface area contributed by atoms with Gasteiger partial charge in [-0.25, -0.2) is 9.97 Å². The number of allylic oxidation sites excluding steroid dienone is 4. The number of nitrogens with zero attached hydrogens (tertiary/aromatic N) is 8. The third-order valence-corrected chi connectivity index (χ3v) is 7.33. The molecule has 0 unspecified atom stereocenters. The molecule has 0 saturated carbocycles. The predicted molar refractivity (Wildman–Crippen MR) is 157 cm³/mol. The third kappa shape index (κ3) is 3.82. The van der Waals surface area contributed by atoms with Crippen LogP contribution in [0.25, 0.3) is 79.4 Å². The van der Waals surface area contributed by atoms with Crippen molar-refractivity contribution in [1.82, 2.24) is 39.9 Å². The van der Waals surface area contributed by atoms with Gasteiger partial charge in [0.1, 0.15) is 0 Å². The van der Waals surface area contributed by atoms with E-state index in [1.54, 1.807) is 12.2 Å². The number of rotatable bonds is 2. The second kappa shape index (κ2) is 9.59. The molecular weight excluding hydrogens is 560 g/mol. The van der Waals surface area contributed by atoms with Crippen molar-refractivity contribution in [3.8, 4) is 22.8 Å². The van der Waals surface area contributed by atoms with Gasteiger partial charge in [-0.1, -0.05) is 86.0 Å². The molecule has 3 aromatic heterocycles. The standard InChI is InChI=1S/C32H20N8.Cu/c1-3-17-18(4-2)26-33-25(17)34-27-19-11-5-7-13-21(19)29(36-27)38-31-23-15-9-10-16-24(23)32(40-31)39-30-22-14-8-6-12-20(22)28(35-26)37-30;/h3-5,7,9-16H,1-2,6,8H2;/q-2;+2. The van der Waals surface area contributed by atoms with Gasteiger partial charge in [0.2, 0.25) is 0 Å². The molecule has 8 bridgehead atoms. The van der Waals surface area contributed by atoms with Crippen molar-refractivity contribution >= 4 is 56.7 Å². The molecule has 0 amide bonds. The molecule has 5 aromatic rings. The Kier molecular flexibility index (Phi) is 5.85. The van der Waals surface area contributed by atoms with Crippen molar-refractivity contribution in [3.05, 3.63) is 96.6 Å². The first-order valence-electron chi connectivity index (χ1n) is 13.0. The van der Waals surface area contributed by atoms with E-state index in [0.29, 0.717) is 45.9 Å². The molecule has 2 aliphatic heterocycles. The third-order valence-electron chi connectivity index (χ3n) is 7.33. The van der Waals surface area contributed by atoms with Crippen molar-refractivity contribution < 1.29 is 17.1 Å². The molecule has 41 heavy (non-hydrogen) atoms. The number of hydrogen-bond donors (Lipinski definition) is 0. The Morgan fingerprint density at radius 3 is 1.49 bits per heavy atom. The summed E-state index contributed by atoms with van der Waals surface area (Å²) in [5, 5.41) is 1.79. The van der Waals surface area contributed by atoms with Crippen LogP contribution >= 0.6 is 0 Å². The summed E-state index contributed by atoms with van der Waals surface area (Å²) in [5.41, 5.74) is 7.15. The maximum absolute atomic E-state index is 4.96. The fourth-order valence-electron chi connectivity index (χ4n) is 5.45. The molecule has 1 aliphatic carbocycles. The summed E-state index contributed by atoms with van der Waals surface area (Å²) < 4.78 is 0. The Hall–Kier alpha value is -4.98. The number of hydrogen-bond acceptors (Lipinski definition) is 6. The molecule has 0 atom stereocenters. The van der Waals surface area contributed by atoms with E-state index >= 15 is 0 Å². The minimum atomic E-state index is 0. The smallest absolute Gasteiger partial charge is 0.357 e. The number of fused-ring (bicyclic) bond motifs is 17. The van der Waals surface area contributed by atoms with Gasteiger partial charge in [0.25, 0.3) is 0 Å². The molecule has 0 spiro atoms. The van der Waals surface area contributed by atoms with Crippen LogP contribution in [-0.4, -0.2) is 29.9 Å². The van der Waals surface area contributed by atoms with E-state index in [-0.39, 0.29) is 17.1 Å². The quantitative estimate of drug-likeness (QED) is 0.224. The number of aromatic nitrogens is 8. The van der Waals surface area contributed by atoms with Gasteiger partial charge in [-0.05, 0) is 34.7 Å². The van der Waals surface area contributed by atoms with Crippen LogP contribution in [0.1, 0.15) is 35.6 Å². The predicted octanol–water partition coefficient (Wildman–Crippen LogP) is 6.18. The summed E-state index contributed by atoms with van der Waals surface area (Å²) in [6.45, 7) is 8.03. The molecule has 8 nitrogen and oxygen atoms in total. The van der Waals surface area contributed by atoms with E-state index < -0.39 is 0 Å². The van der Waals surface area contributed by atoms with E-state index in [0.717, 1.165) is 57.0 Å². The van der Waals surface area contributed by atoms with Crippen molar-refractivity contribution in [3.63, 3.8) is 0 Å². The van der Waals surface area contributed by atoms with Crippen LogP contribution in [0.5, 0.6) is 0 Å². The normalized spacial score (nSPS) is 13.5. The summed E-state index contributed by atoms with van der Waals surface area (Å²) in [6, 6.07) is 15.8. The minimum absolute atomic E-state index is 0. The fraction of sp³-hybridized carbons (Fsp3) is 0.0625. The molecule has 2 aromatic carbocycles. The van der Waals surface area contributed by atoms with Gasteiger partial charge in [-0.3, -0.25) is 0 Å². The van der Waals surface area contributed by atoms with Crippen LogP contribution in [0.15, 0.2) is 73.8 Å². The van der Waals surface area contributed by atoms with E-state index in [1.165, 1.54) is 0 Å². The monoisotopic (exact) mass is 579 g/mol. The molecule has 5 heterocycles. The summed E-state index contributed by atoms with van der Waals surface area (Å²) in [6.07, 6.45) is 9.58. The number of benzene rings is 2. The van der Waals surface area contributed by atoms with Gasteiger partial charge >= 0.3 is 17.1 Å². The average molecular weight is 580 g/mol. The first-order valence-corrected chi connectivity index (χ1v) is 13.0. The maximum Gasteiger partial charge on any atom is 2.00 e. The molecule has 3 aliphatic rings. The van der Waals surface area contributed by atoms with Gasteiger partial charge < -0.3 is 29.9 Å². The zero-order valence-corrected chi connectivity index (χ0v) is 22.6. The van der Waals surface area contributed by atoms with Gasteiger partial charge in [0.05, 0.1) is 23.3 Å². The van der Waals surface area contributed by atoms with Crippen LogP contribution in [-0.2, 0) is 17.1 Å². The van der Waals surface area contributed by atoms with Crippen molar-refractivity contribution in [2.45, 2.75) is 12.8 Å². The zero-order valence-electron chi connectivity index (χ0n) is 21.6. The molecule has 1 radical (unpaired) electrons. The summed E-state index contributed by atoms with van der Waals surface area (Å²) in [5.74, 6) is 2.18. The zero-order chi connectivity index (χ0) is 26.8. The SMILES string of the molecule is C=Cc1c(C=C)c2nc3nc(nc4[n-]c(nc5nc(nc1[n-]2)C1=CCCC=C15)c1ccccc41)-c1ccccc1-3.[Cu+2].